The summed E-state index contributed by atoms with van der Waals surface area (Å²) in [5, 5.41) is 0.767. The minimum atomic E-state index is 0.203. The van der Waals surface area contributed by atoms with Gasteiger partial charge in [-0.3, -0.25) is 14.7 Å². The zero-order valence-corrected chi connectivity index (χ0v) is 22.5. The number of aryl methyl sites for hydroxylation is 2. The van der Waals surface area contributed by atoms with E-state index in [1.54, 1.807) is 0 Å². The fraction of sp³-hybridized carbons (Fsp3) is 0.520. The molecule has 1 aromatic heterocycles. The van der Waals surface area contributed by atoms with Crippen LogP contribution in [-0.4, -0.2) is 66.6 Å². The van der Waals surface area contributed by atoms with Gasteiger partial charge in [0, 0.05) is 52.3 Å². The minimum absolute atomic E-state index is 0.203. The molecule has 0 unspecified atom stereocenters. The number of fused-ring (bicyclic) bond motifs is 2. The Morgan fingerprint density at radius 3 is 2.55 bits per heavy atom. The van der Waals surface area contributed by atoms with Crippen molar-refractivity contribution in [2.45, 2.75) is 31.6 Å². The molecule has 8 heteroatoms. The predicted octanol–water partition coefficient (Wildman–Crippen LogP) is 5.06. The Balaban J connectivity index is 1.38. The van der Waals surface area contributed by atoms with Gasteiger partial charge < -0.3 is 9.64 Å². The number of ether oxygens (including phenoxy) is 1. The first-order chi connectivity index (χ1) is 16.0. The molecular formula is C25H28Br2ClN3O2. The summed E-state index contributed by atoms with van der Waals surface area (Å²) in [6, 6.07) is 6.35. The molecule has 1 aliphatic carbocycles. The second kappa shape index (κ2) is 10.3. The minimum Gasteiger partial charge on any atom is -0.379 e. The first kappa shape index (κ1) is 23.7. The summed E-state index contributed by atoms with van der Waals surface area (Å²) in [5.74, 6) is 0.875. The number of benzene rings is 1. The number of amides is 1. The molecule has 5 rings (SSSR count). The molecule has 1 aromatic carbocycles. The molecule has 2 aliphatic heterocycles. The van der Waals surface area contributed by atoms with E-state index >= 15 is 0 Å². The highest BCUT2D eigenvalue weighted by Crippen LogP contribution is 2.46. The third-order valence-electron chi connectivity index (χ3n) is 7.24. The van der Waals surface area contributed by atoms with Gasteiger partial charge in [0.25, 0.3) is 0 Å². The standard InChI is InChI=1S/C25H28Br2ClN3O2/c26-19-11-18-2-1-17-12-20(28)13-21(27)23(17)24(25(18)29-14-19)16-3-5-31(6-4-16)22(32)15-30-7-9-33-10-8-30/h11-14,16,24H,1-10,15H2/t24-/m1/s1. The van der Waals surface area contributed by atoms with Crippen LogP contribution in [0.5, 0.6) is 0 Å². The van der Waals surface area contributed by atoms with Gasteiger partial charge in [-0.15, -0.1) is 0 Å². The monoisotopic (exact) mass is 595 g/mol. The number of piperidine rings is 1. The van der Waals surface area contributed by atoms with Gasteiger partial charge in [0.1, 0.15) is 0 Å². The Bertz CT molecular complexity index is 1040. The molecule has 0 radical (unpaired) electrons. The Labute approximate surface area is 217 Å². The lowest BCUT2D eigenvalue weighted by Gasteiger charge is -2.38. The molecule has 5 nitrogen and oxygen atoms in total. The largest absolute Gasteiger partial charge is 0.379 e. The van der Waals surface area contributed by atoms with E-state index < -0.39 is 0 Å². The van der Waals surface area contributed by atoms with E-state index in [0.29, 0.717) is 12.5 Å². The van der Waals surface area contributed by atoms with Crippen molar-refractivity contribution < 1.29 is 9.53 Å². The smallest absolute Gasteiger partial charge is 0.236 e. The maximum Gasteiger partial charge on any atom is 0.236 e. The maximum atomic E-state index is 12.9. The molecule has 0 spiro atoms. The summed E-state index contributed by atoms with van der Waals surface area (Å²) in [7, 11) is 0. The van der Waals surface area contributed by atoms with Crippen LogP contribution < -0.4 is 0 Å². The molecule has 2 fully saturated rings. The molecule has 176 valence electrons. The van der Waals surface area contributed by atoms with Crippen molar-refractivity contribution in [1.82, 2.24) is 14.8 Å². The molecule has 3 aliphatic rings. The van der Waals surface area contributed by atoms with Crippen LogP contribution in [0.1, 0.15) is 41.1 Å². The number of carbonyl (C=O) groups excluding carboxylic acids is 1. The van der Waals surface area contributed by atoms with E-state index in [2.05, 4.69) is 53.8 Å². The lowest BCUT2D eigenvalue weighted by atomic mass is 9.76. The summed E-state index contributed by atoms with van der Waals surface area (Å²) < 4.78 is 7.50. The third-order valence-corrected chi connectivity index (χ3v) is 8.55. The number of nitrogens with zero attached hydrogens (tertiary/aromatic N) is 3. The number of hydrogen-bond acceptors (Lipinski definition) is 4. The average Bonchev–Trinajstić information content (AvgIpc) is 2.96. The van der Waals surface area contributed by atoms with E-state index in [1.165, 1.54) is 22.4 Å². The van der Waals surface area contributed by atoms with Crippen LogP contribution in [0, 0.1) is 5.92 Å². The summed E-state index contributed by atoms with van der Waals surface area (Å²) >= 11 is 13.9. The molecule has 1 amide bonds. The quantitative estimate of drug-likeness (QED) is 0.497. The van der Waals surface area contributed by atoms with Gasteiger partial charge in [-0.05, 0) is 82.4 Å². The van der Waals surface area contributed by atoms with Crippen LogP contribution in [0.15, 0.2) is 33.3 Å². The maximum absolute atomic E-state index is 12.9. The highest BCUT2D eigenvalue weighted by molar-refractivity contribution is 9.10. The fourth-order valence-corrected chi connectivity index (χ4v) is 7.06. The number of hydrogen-bond donors (Lipinski definition) is 0. The summed E-state index contributed by atoms with van der Waals surface area (Å²) in [4.78, 5) is 22.1. The van der Waals surface area contributed by atoms with Gasteiger partial charge in [-0.2, -0.15) is 0 Å². The molecule has 2 aromatic rings. The zero-order valence-electron chi connectivity index (χ0n) is 18.5. The van der Waals surface area contributed by atoms with Crippen LogP contribution >= 0.6 is 43.5 Å². The first-order valence-corrected chi connectivity index (χ1v) is 13.7. The Morgan fingerprint density at radius 1 is 1.06 bits per heavy atom. The molecule has 1 atom stereocenters. The average molecular weight is 598 g/mol. The first-order valence-electron chi connectivity index (χ1n) is 11.7. The van der Waals surface area contributed by atoms with Gasteiger partial charge >= 0.3 is 0 Å². The van der Waals surface area contributed by atoms with Crippen molar-refractivity contribution in [1.29, 1.82) is 0 Å². The van der Waals surface area contributed by atoms with Crippen LogP contribution in [0.25, 0.3) is 0 Å². The number of carbonyl (C=O) groups is 1. The van der Waals surface area contributed by atoms with Crippen LogP contribution in [0.3, 0.4) is 0 Å². The number of likely N-dealkylation sites (tertiary alicyclic amines) is 1. The zero-order chi connectivity index (χ0) is 22.9. The number of aromatic nitrogens is 1. The molecule has 33 heavy (non-hydrogen) atoms. The molecule has 2 saturated heterocycles. The molecular weight excluding hydrogens is 570 g/mol. The Morgan fingerprint density at radius 2 is 1.79 bits per heavy atom. The third kappa shape index (κ3) is 5.18. The molecule has 3 heterocycles. The highest BCUT2D eigenvalue weighted by Gasteiger charge is 2.36. The van der Waals surface area contributed by atoms with Gasteiger partial charge in [0.05, 0.1) is 25.5 Å². The highest BCUT2D eigenvalue weighted by atomic mass is 79.9. The predicted molar refractivity (Wildman–Crippen MR) is 137 cm³/mol. The van der Waals surface area contributed by atoms with Gasteiger partial charge in [0.2, 0.25) is 5.91 Å². The molecule has 0 N–H and O–H groups in total. The van der Waals surface area contributed by atoms with E-state index in [0.717, 1.165) is 79.0 Å². The fourth-order valence-electron chi connectivity index (χ4n) is 5.56. The summed E-state index contributed by atoms with van der Waals surface area (Å²) in [5.41, 5.74) is 5.11. The van der Waals surface area contributed by atoms with Gasteiger partial charge in [-0.25, -0.2) is 0 Å². The van der Waals surface area contributed by atoms with Crippen molar-refractivity contribution in [3.05, 3.63) is 60.7 Å². The number of pyridine rings is 1. The van der Waals surface area contributed by atoms with Crippen molar-refractivity contribution >= 4 is 49.4 Å². The number of morpholine rings is 1. The second-order valence-corrected chi connectivity index (χ2v) is 11.4. The van der Waals surface area contributed by atoms with E-state index in [4.69, 9.17) is 21.3 Å². The van der Waals surface area contributed by atoms with Crippen molar-refractivity contribution in [3.8, 4) is 0 Å². The summed E-state index contributed by atoms with van der Waals surface area (Å²) in [6.07, 6.45) is 5.78. The van der Waals surface area contributed by atoms with Crippen LogP contribution in [0.4, 0.5) is 0 Å². The van der Waals surface area contributed by atoms with E-state index in [-0.39, 0.29) is 11.8 Å². The lowest BCUT2D eigenvalue weighted by Crippen LogP contribution is -2.47. The second-order valence-electron chi connectivity index (χ2n) is 9.24. The van der Waals surface area contributed by atoms with Crippen molar-refractivity contribution in [2.75, 3.05) is 45.9 Å². The number of halogens is 3. The van der Waals surface area contributed by atoms with Gasteiger partial charge in [0.15, 0.2) is 0 Å². The normalized spacial score (nSPS) is 21.9. The molecule has 0 saturated carbocycles. The molecule has 0 bridgehead atoms. The van der Waals surface area contributed by atoms with Crippen molar-refractivity contribution in [3.63, 3.8) is 0 Å². The Kier molecular flexibility index (Phi) is 7.43. The lowest BCUT2D eigenvalue weighted by molar-refractivity contribution is -0.134. The number of rotatable bonds is 3. The van der Waals surface area contributed by atoms with E-state index in [1.807, 2.05) is 12.3 Å². The van der Waals surface area contributed by atoms with E-state index in [9.17, 15) is 4.79 Å². The van der Waals surface area contributed by atoms with Crippen LogP contribution in [-0.2, 0) is 22.4 Å². The van der Waals surface area contributed by atoms with Crippen LogP contribution in [0.2, 0.25) is 5.02 Å². The van der Waals surface area contributed by atoms with Crippen molar-refractivity contribution in [2.24, 2.45) is 5.92 Å². The Hall–Kier alpha value is -0.990. The SMILES string of the molecule is O=C(CN1CCOCC1)N1CCC([C@H]2c3ncc(Br)cc3CCc3cc(Cl)cc(Br)c32)CC1. The topological polar surface area (TPSA) is 45.7 Å². The summed E-state index contributed by atoms with van der Waals surface area (Å²) in [6.45, 7) is 5.23. The van der Waals surface area contributed by atoms with Gasteiger partial charge in [-0.1, -0.05) is 27.5 Å².